The van der Waals surface area contributed by atoms with Crippen LogP contribution in [-0.2, 0) is 11.3 Å². The molecule has 4 amide bonds. The third-order valence-electron chi connectivity index (χ3n) is 3.41. The van der Waals surface area contributed by atoms with Gasteiger partial charge in [0.15, 0.2) is 0 Å². The topological polar surface area (TPSA) is 117 Å². The molecular formula is C17H21N5O4. The normalized spacial score (nSPS) is 11.3. The van der Waals surface area contributed by atoms with E-state index in [1.54, 1.807) is 39.2 Å². The van der Waals surface area contributed by atoms with Crippen molar-refractivity contribution in [3.63, 3.8) is 0 Å². The number of nitrogens with one attached hydrogen (secondary N) is 3. The molecule has 0 aliphatic carbocycles. The number of furan rings is 1. The first-order valence-electron chi connectivity index (χ1n) is 7.92. The molecule has 2 aromatic heterocycles. The molecule has 9 heteroatoms. The van der Waals surface area contributed by atoms with Crippen molar-refractivity contribution in [2.24, 2.45) is 0 Å². The Kier molecular flexibility index (Phi) is 6.31. The van der Waals surface area contributed by atoms with Crippen LogP contribution in [0.25, 0.3) is 0 Å². The van der Waals surface area contributed by atoms with Crippen molar-refractivity contribution in [1.29, 1.82) is 0 Å². The number of anilines is 1. The lowest BCUT2D eigenvalue weighted by Crippen LogP contribution is -2.46. The lowest BCUT2D eigenvalue weighted by atomic mass is 10.2. The Morgan fingerprint density at radius 3 is 2.69 bits per heavy atom. The van der Waals surface area contributed by atoms with Gasteiger partial charge in [0.1, 0.15) is 17.6 Å². The van der Waals surface area contributed by atoms with Gasteiger partial charge in [0.05, 0.1) is 12.8 Å². The van der Waals surface area contributed by atoms with E-state index in [0.717, 1.165) is 0 Å². The number of hydrogen-bond acceptors (Lipinski definition) is 5. The van der Waals surface area contributed by atoms with E-state index in [-0.39, 0.29) is 24.2 Å². The summed E-state index contributed by atoms with van der Waals surface area (Å²) in [7, 11) is 3.26. The van der Waals surface area contributed by atoms with Crippen LogP contribution in [0.3, 0.4) is 0 Å². The van der Waals surface area contributed by atoms with Crippen LogP contribution in [0.2, 0.25) is 0 Å². The molecule has 2 rings (SSSR count). The Balaban J connectivity index is 1.86. The maximum absolute atomic E-state index is 12.0. The van der Waals surface area contributed by atoms with E-state index < -0.39 is 12.1 Å². The third kappa shape index (κ3) is 5.33. The zero-order chi connectivity index (χ0) is 19.1. The zero-order valence-corrected chi connectivity index (χ0v) is 14.8. The monoisotopic (exact) mass is 359 g/mol. The lowest BCUT2D eigenvalue weighted by molar-refractivity contribution is -0.122. The van der Waals surface area contributed by atoms with Gasteiger partial charge in [-0.2, -0.15) is 0 Å². The van der Waals surface area contributed by atoms with Gasteiger partial charge in [0, 0.05) is 25.9 Å². The van der Waals surface area contributed by atoms with Crippen molar-refractivity contribution in [2.45, 2.75) is 19.5 Å². The molecule has 0 spiro atoms. The van der Waals surface area contributed by atoms with Crippen LogP contribution in [0.1, 0.15) is 23.0 Å². The summed E-state index contributed by atoms with van der Waals surface area (Å²) in [5, 5.41) is 7.65. The average Bonchev–Trinajstić information content (AvgIpc) is 3.12. The van der Waals surface area contributed by atoms with Gasteiger partial charge in [-0.3, -0.25) is 14.9 Å². The summed E-state index contributed by atoms with van der Waals surface area (Å²) < 4.78 is 5.12. The van der Waals surface area contributed by atoms with Gasteiger partial charge in [-0.15, -0.1) is 0 Å². The van der Waals surface area contributed by atoms with Gasteiger partial charge in [-0.1, -0.05) is 0 Å². The van der Waals surface area contributed by atoms with Crippen molar-refractivity contribution in [1.82, 2.24) is 20.5 Å². The molecule has 26 heavy (non-hydrogen) atoms. The Labute approximate surface area is 150 Å². The number of carbonyl (C=O) groups excluding carboxylic acids is 3. The maximum Gasteiger partial charge on any atom is 0.321 e. The van der Waals surface area contributed by atoms with E-state index in [1.165, 1.54) is 23.4 Å². The summed E-state index contributed by atoms with van der Waals surface area (Å²) >= 11 is 0. The van der Waals surface area contributed by atoms with Crippen LogP contribution < -0.4 is 16.0 Å². The first-order valence-corrected chi connectivity index (χ1v) is 7.92. The number of aromatic nitrogens is 1. The lowest BCUT2D eigenvalue weighted by Gasteiger charge is -2.15. The quantitative estimate of drug-likeness (QED) is 0.717. The Morgan fingerprint density at radius 2 is 2.04 bits per heavy atom. The first kappa shape index (κ1) is 19.0. The van der Waals surface area contributed by atoms with Gasteiger partial charge in [0.25, 0.3) is 5.91 Å². The Bertz CT molecular complexity index is 773. The van der Waals surface area contributed by atoms with Gasteiger partial charge in [0.2, 0.25) is 5.91 Å². The minimum atomic E-state index is -0.767. The SMILES string of the molecule is C[C@@H](NC(=O)Nc1cc(C(=O)N(C)C)ccn1)C(=O)NCc1ccco1. The van der Waals surface area contributed by atoms with Crippen LogP contribution >= 0.6 is 0 Å². The minimum absolute atomic E-state index is 0.207. The summed E-state index contributed by atoms with van der Waals surface area (Å²) in [6.07, 6.45) is 2.94. The van der Waals surface area contributed by atoms with Crippen molar-refractivity contribution in [3.8, 4) is 0 Å². The largest absolute Gasteiger partial charge is 0.467 e. The summed E-state index contributed by atoms with van der Waals surface area (Å²) in [5.74, 6) is 0.252. The number of hydrogen-bond donors (Lipinski definition) is 3. The minimum Gasteiger partial charge on any atom is -0.467 e. The first-order chi connectivity index (χ1) is 12.4. The van der Waals surface area contributed by atoms with E-state index >= 15 is 0 Å². The van der Waals surface area contributed by atoms with Crippen molar-refractivity contribution < 1.29 is 18.8 Å². The zero-order valence-electron chi connectivity index (χ0n) is 14.8. The number of nitrogens with zero attached hydrogens (tertiary/aromatic N) is 2. The molecule has 0 saturated carbocycles. The number of carbonyl (C=O) groups is 3. The Morgan fingerprint density at radius 1 is 1.27 bits per heavy atom. The van der Waals surface area contributed by atoms with E-state index in [4.69, 9.17) is 4.42 Å². The second kappa shape index (κ2) is 8.65. The standard InChI is InChI=1S/C17H21N5O4/c1-11(15(23)19-10-13-5-4-8-26-13)20-17(25)21-14-9-12(6-7-18-14)16(24)22(2)3/h4-9,11H,10H2,1-3H3,(H,19,23)(H2,18,20,21,25)/t11-/m1/s1. The molecule has 138 valence electrons. The maximum atomic E-state index is 12.0. The molecule has 0 aliphatic heterocycles. The fraction of sp³-hybridized carbons (Fsp3) is 0.294. The highest BCUT2D eigenvalue weighted by Crippen LogP contribution is 2.08. The summed E-state index contributed by atoms with van der Waals surface area (Å²) in [5.41, 5.74) is 0.393. The Hall–Kier alpha value is -3.36. The molecule has 0 aromatic carbocycles. The van der Waals surface area contributed by atoms with Crippen LogP contribution in [0.4, 0.5) is 10.6 Å². The molecule has 3 N–H and O–H groups in total. The fourth-order valence-electron chi connectivity index (χ4n) is 2.05. The molecule has 0 fully saturated rings. The molecule has 0 saturated heterocycles. The van der Waals surface area contributed by atoms with Gasteiger partial charge in [-0.05, 0) is 31.2 Å². The molecule has 9 nitrogen and oxygen atoms in total. The summed E-state index contributed by atoms with van der Waals surface area (Å²) in [4.78, 5) is 41.3. The summed E-state index contributed by atoms with van der Waals surface area (Å²) in [6.45, 7) is 1.78. The molecule has 2 heterocycles. The van der Waals surface area contributed by atoms with Crippen LogP contribution in [0.15, 0.2) is 41.1 Å². The molecule has 0 aliphatic rings. The number of urea groups is 1. The molecular weight excluding hydrogens is 338 g/mol. The van der Waals surface area contributed by atoms with Gasteiger partial charge < -0.3 is 20.0 Å². The average molecular weight is 359 g/mol. The van der Waals surface area contributed by atoms with E-state index in [9.17, 15) is 14.4 Å². The van der Waals surface area contributed by atoms with Gasteiger partial charge in [-0.25, -0.2) is 9.78 Å². The smallest absolute Gasteiger partial charge is 0.321 e. The summed E-state index contributed by atoms with van der Waals surface area (Å²) in [6, 6.07) is 5.10. The van der Waals surface area contributed by atoms with E-state index in [2.05, 4.69) is 20.9 Å². The second-order valence-electron chi connectivity index (χ2n) is 5.75. The van der Waals surface area contributed by atoms with Crippen LogP contribution in [-0.4, -0.2) is 47.9 Å². The third-order valence-corrected chi connectivity index (χ3v) is 3.41. The van der Waals surface area contributed by atoms with E-state index in [1.807, 2.05) is 0 Å². The molecule has 0 bridgehead atoms. The fourth-order valence-corrected chi connectivity index (χ4v) is 2.05. The predicted octanol–water partition coefficient (Wildman–Crippen LogP) is 1.20. The highest BCUT2D eigenvalue weighted by Gasteiger charge is 2.16. The van der Waals surface area contributed by atoms with Crippen molar-refractivity contribution >= 4 is 23.7 Å². The van der Waals surface area contributed by atoms with Crippen LogP contribution in [0, 0.1) is 0 Å². The molecule has 0 unspecified atom stereocenters. The predicted molar refractivity (Wildman–Crippen MR) is 94.4 cm³/mol. The molecule has 0 radical (unpaired) electrons. The van der Waals surface area contributed by atoms with E-state index in [0.29, 0.717) is 11.3 Å². The van der Waals surface area contributed by atoms with Gasteiger partial charge >= 0.3 is 6.03 Å². The number of amides is 4. The van der Waals surface area contributed by atoms with Crippen LogP contribution in [0.5, 0.6) is 0 Å². The van der Waals surface area contributed by atoms with Crippen molar-refractivity contribution in [2.75, 3.05) is 19.4 Å². The number of pyridine rings is 1. The highest BCUT2D eigenvalue weighted by atomic mass is 16.3. The second-order valence-corrected chi connectivity index (χ2v) is 5.75. The van der Waals surface area contributed by atoms with Crippen molar-refractivity contribution in [3.05, 3.63) is 48.0 Å². The number of rotatable bonds is 6. The molecule has 2 aromatic rings. The molecule has 1 atom stereocenters. The highest BCUT2D eigenvalue weighted by molar-refractivity contribution is 5.96.